The van der Waals surface area contributed by atoms with Gasteiger partial charge in [-0.2, -0.15) is 0 Å². The Hall–Kier alpha value is -6.03. The summed E-state index contributed by atoms with van der Waals surface area (Å²) in [4.78, 5) is 77.2. The van der Waals surface area contributed by atoms with Crippen LogP contribution in [-0.4, -0.2) is 199 Å². The summed E-state index contributed by atoms with van der Waals surface area (Å²) >= 11 is 0. The number of phenolic OH excluding ortho intramolecular Hbond substituents is 1. The molecule has 1 saturated heterocycles. The number of aliphatic hydroxyl groups excluding tert-OH is 7. The number of hydrogen-bond donors (Lipinski definition) is 16. The third-order valence-electron chi connectivity index (χ3n) is 11.5. The Morgan fingerprint density at radius 2 is 1.48 bits per heavy atom. The Morgan fingerprint density at radius 1 is 0.846 bits per heavy atom. The fourth-order valence-electron chi connectivity index (χ4n) is 7.60. The lowest BCUT2D eigenvalue weighted by molar-refractivity contribution is -0.260. The van der Waals surface area contributed by atoms with Gasteiger partial charge in [0.1, 0.15) is 72.8 Å². The zero-order valence-electron chi connectivity index (χ0n) is 35.1. The van der Waals surface area contributed by atoms with Gasteiger partial charge in [0.15, 0.2) is 18.1 Å². The van der Waals surface area contributed by atoms with E-state index < -0.39 is 140 Å². The minimum Gasteiger partial charge on any atom is -0.508 e. The number of nitrogens with zero attached hydrogens (tertiary/aromatic N) is 3. The topological polar surface area (TPSA) is 423 Å². The summed E-state index contributed by atoms with van der Waals surface area (Å²) in [7, 11) is 0. The molecule has 3 aliphatic rings. The number of rotatable bonds is 20. The monoisotopic (exact) mass is 915 g/mol. The number of nitrogens with two attached hydrogens (primary N) is 3. The van der Waals surface area contributed by atoms with Crippen molar-refractivity contribution >= 4 is 41.8 Å². The van der Waals surface area contributed by atoms with Crippen molar-refractivity contribution in [2.45, 2.75) is 104 Å². The average molecular weight is 916 g/mol. The van der Waals surface area contributed by atoms with Crippen LogP contribution in [0.15, 0.2) is 64.6 Å². The average Bonchev–Trinajstić information content (AvgIpc) is 3.92. The molecule has 25 heteroatoms. The molecule has 356 valence electrons. The Morgan fingerprint density at radius 3 is 2.08 bits per heavy atom. The molecule has 3 heterocycles. The van der Waals surface area contributed by atoms with Crippen molar-refractivity contribution in [1.82, 2.24) is 31.5 Å². The van der Waals surface area contributed by atoms with Gasteiger partial charge < -0.3 is 99.1 Å². The number of guanidine groups is 2. The van der Waals surface area contributed by atoms with Crippen LogP contribution in [-0.2, 0) is 35.1 Å². The summed E-state index contributed by atoms with van der Waals surface area (Å²) in [5.41, 5.74) is 19.5. The van der Waals surface area contributed by atoms with Gasteiger partial charge in [-0.25, -0.2) is 0 Å². The second-order valence-electron chi connectivity index (χ2n) is 15.9. The smallest absolute Gasteiger partial charge is 0.246 e. The molecule has 0 bridgehead atoms. The van der Waals surface area contributed by atoms with Crippen LogP contribution in [0.3, 0.4) is 0 Å². The van der Waals surface area contributed by atoms with Crippen molar-refractivity contribution in [3.63, 3.8) is 0 Å². The quantitative estimate of drug-likeness (QED) is 0.0549. The molecule has 65 heavy (non-hydrogen) atoms. The fourth-order valence-corrected chi connectivity index (χ4v) is 7.60. The van der Waals surface area contributed by atoms with E-state index in [0.29, 0.717) is 5.56 Å². The number of phenols is 1. The molecule has 19 N–H and O–H groups in total. The number of carbonyl (C=O) groups excluding carboxylic acids is 5. The summed E-state index contributed by atoms with van der Waals surface area (Å²) in [6.45, 7) is -0.703. The van der Waals surface area contributed by atoms with E-state index in [2.05, 4.69) is 36.6 Å². The Bertz CT molecular complexity index is 2030. The maximum atomic E-state index is 14.5. The van der Waals surface area contributed by atoms with Crippen LogP contribution in [0, 0.1) is 0 Å². The van der Waals surface area contributed by atoms with Crippen LogP contribution in [0.4, 0.5) is 0 Å². The van der Waals surface area contributed by atoms with E-state index in [4.69, 9.17) is 21.9 Å². The molecule has 0 aliphatic carbocycles. The van der Waals surface area contributed by atoms with E-state index in [1.807, 2.05) is 0 Å². The number of aromatic hydroxyl groups is 1. The minimum atomic E-state index is -2.16. The zero-order valence-corrected chi connectivity index (χ0v) is 35.1. The largest absolute Gasteiger partial charge is 0.508 e. The second-order valence-corrected chi connectivity index (χ2v) is 15.9. The molecule has 25 nitrogen and oxygen atoms in total. The van der Waals surface area contributed by atoms with Gasteiger partial charge in [0.25, 0.3) is 0 Å². The van der Waals surface area contributed by atoms with Crippen molar-refractivity contribution < 1.29 is 69.6 Å². The Balaban J connectivity index is 1.47. The lowest BCUT2D eigenvalue weighted by atomic mass is 9.93. The molecule has 0 aromatic heterocycles. The van der Waals surface area contributed by atoms with E-state index in [-0.39, 0.29) is 31.0 Å². The summed E-state index contributed by atoms with van der Waals surface area (Å²) in [6, 6.07) is 3.38. The van der Waals surface area contributed by atoms with Crippen molar-refractivity contribution in [2.75, 3.05) is 26.3 Å². The molecule has 2 aromatic rings. The van der Waals surface area contributed by atoms with Crippen molar-refractivity contribution in [3.05, 3.63) is 65.7 Å². The highest BCUT2D eigenvalue weighted by atomic mass is 16.6. The molecule has 3 aliphatic heterocycles. The third-order valence-corrected chi connectivity index (χ3v) is 11.5. The molecule has 4 amide bonds. The number of aliphatic hydroxyl groups is 7. The molecule has 0 radical (unpaired) electrons. The third kappa shape index (κ3) is 11.8. The van der Waals surface area contributed by atoms with Crippen molar-refractivity contribution in [3.8, 4) is 5.75 Å². The first-order valence-electron chi connectivity index (χ1n) is 20.6. The van der Waals surface area contributed by atoms with E-state index in [1.165, 1.54) is 24.3 Å². The summed E-state index contributed by atoms with van der Waals surface area (Å²) in [5, 5.41) is 97.1. The molecular weight excluding hydrogens is 859 g/mol. The summed E-state index contributed by atoms with van der Waals surface area (Å²) < 4.78 is 5.63. The molecule has 10 unspecified atom stereocenters. The van der Waals surface area contributed by atoms with Gasteiger partial charge in [-0.05, 0) is 23.3 Å². The van der Waals surface area contributed by atoms with Gasteiger partial charge in [-0.1, -0.05) is 49.4 Å². The van der Waals surface area contributed by atoms with Crippen LogP contribution in [0.25, 0.3) is 0 Å². The zero-order chi connectivity index (χ0) is 47.7. The lowest BCUT2D eigenvalue weighted by Gasteiger charge is -2.46. The van der Waals surface area contributed by atoms with Crippen LogP contribution in [0.1, 0.15) is 24.0 Å². The molecule has 2 aromatic carbocycles. The van der Waals surface area contributed by atoms with Gasteiger partial charge in [0, 0.05) is 12.3 Å². The SMILES string of the molecule is CC(c1ccccc1)[C@H](N)C(=O)N[C@@H](Cc1ccc(O)cc1)C(=O)N[C@H](C(=O)N[C@H](C(=O)N[C@H](C=O)CO)C(O)C1CN=C(N)N1C1OC(CO)C(O)C(O)C1O)C(O)C1CN=C(N)N1. The first kappa shape index (κ1) is 50.0. The van der Waals surface area contributed by atoms with Crippen LogP contribution in [0.5, 0.6) is 5.75 Å². The normalized spacial score (nSPS) is 26.7. The fraction of sp³-hybridized carbons (Fsp3) is 0.525. The maximum Gasteiger partial charge on any atom is 0.246 e. The van der Waals surface area contributed by atoms with E-state index in [9.17, 15) is 64.8 Å². The number of benzene rings is 2. The van der Waals surface area contributed by atoms with E-state index >= 15 is 0 Å². The van der Waals surface area contributed by atoms with Gasteiger partial charge in [0.2, 0.25) is 23.6 Å². The molecule has 15 atom stereocenters. The van der Waals surface area contributed by atoms with Gasteiger partial charge in [-0.15, -0.1) is 0 Å². The number of hydrogen-bond acceptors (Lipinski definition) is 21. The minimum absolute atomic E-state index is 0.0923. The van der Waals surface area contributed by atoms with Crippen LogP contribution in [0.2, 0.25) is 0 Å². The predicted octanol–water partition coefficient (Wildman–Crippen LogP) is -8.00. The van der Waals surface area contributed by atoms with Crippen LogP contribution >= 0.6 is 0 Å². The first-order valence-corrected chi connectivity index (χ1v) is 20.6. The van der Waals surface area contributed by atoms with Crippen LogP contribution < -0.4 is 43.8 Å². The highest BCUT2D eigenvalue weighted by Gasteiger charge is 2.52. The van der Waals surface area contributed by atoms with Crippen molar-refractivity contribution in [2.24, 2.45) is 27.2 Å². The maximum absolute atomic E-state index is 14.5. The molecule has 5 rings (SSSR count). The summed E-state index contributed by atoms with van der Waals surface area (Å²) in [5.74, 6) is -5.60. The number of aliphatic imine (C=N–C) groups is 2. The molecular formula is C40H57N11O14. The molecule has 1 fully saturated rings. The van der Waals surface area contributed by atoms with Gasteiger partial charge >= 0.3 is 0 Å². The predicted molar refractivity (Wildman–Crippen MR) is 227 cm³/mol. The van der Waals surface area contributed by atoms with Crippen molar-refractivity contribution in [1.29, 1.82) is 0 Å². The van der Waals surface area contributed by atoms with E-state index in [0.717, 1.165) is 10.5 Å². The lowest BCUT2D eigenvalue weighted by Crippen LogP contribution is -2.70. The highest BCUT2D eigenvalue weighted by Crippen LogP contribution is 2.29. The number of ether oxygens (including phenoxy) is 1. The number of amides is 4. The standard InChI is InChI=1S/C40H57N11O14/c1-17(19-5-3-2-4-6-19)26(41)35(62)47-22(11-18-7-9-21(55)10-8-18)34(61)49-27(29(56)23-12-44-39(42)48-23)37(64)50-28(36(63)46-20(14-52)15-53)30(57)24-13-45-40(43)51(24)38-33(60)32(59)31(58)25(16-54)65-38/h2-10,14,17,20,22-33,38,53-60H,11-13,15-16,41H2,1H3,(H2,43,45)(H,46,63)(H,47,62)(H,49,61)(H,50,64)(H3,42,44,48)/t17?,20-,22+,23?,24?,25?,26+,27+,28+,29?,30?,31?,32?,33?,38?/m1/s1. The summed E-state index contributed by atoms with van der Waals surface area (Å²) in [6.07, 6.45) is -12.9. The Labute approximate surface area is 371 Å². The Kier molecular flexibility index (Phi) is 17.1. The van der Waals surface area contributed by atoms with Gasteiger partial charge in [0.05, 0.1) is 44.4 Å². The first-order chi connectivity index (χ1) is 30.9. The number of nitrogens with one attached hydrogen (secondary N) is 5. The number of carbonyl (C=O) groups is 5. The molecule has 0 saturated carbocycles. The highest BCUT2D eigenvalue weighted by molar-refractivity contribution is 5.96. The van der Waals surface area contributed by atoms with Gasteiger partial charge in [-0.3, -0.25) is 29.2 Å². The van der Waals surface area contributed by atoms with E-state index in [1.54, 1.807) is 37.3 Å². The second kappa shape index (κ2) is 22.2. The molecule has 0 spiro atoms. The number of aldehydes is 1.